The highest BCUT2D eigenvalue weighted by Gasteiger charge is 2.37. The lowest BCUT2D eigenvalue weighted by molar-refractivity contribution is -0.119. The maximum Gasteiger partial charge on any atom is 0.137 e. The van der Waals surface area contributed by atoms with Crippen molar-refractivity contribution in [1.29, 1.82) is 0 Å². The van der Waals surface area contributed by atoms with Gasteiger partial charge in [-0.1, -0.05) is 43.9 Å². The Balaban J connectivity index is 2.51. The quantitative estimate of drug-likeness (QED) is 0.662. The van der Waals surface area contributed by atoms with Crippen molar-refractivity contribution in [3.8, 4) is 0 Å². The summed E-state index contributed by atoms with van der Waals surface area (Å²) in [7, 11) is -1.42. The van der Waals surface area contributed by atoms with Gasteiger partial charge in [-0.05, 0) is 17.5 Å². The van der Waals surface area contributed by atoms with E-state index >= 15 is 0 Å². The zero-order valence-electron chi connectivity index (χ0n) is 9.71. The van der Waals surface area contributed by atoms with Gasteiger partial charge in [-0.3, -0.25) is 4.79 Å². The average molecular weight is 218 g/mol. The molecule has 0 aliphatic heterocycles. The second-order valence-electron chi connectivity index (χ2n) is 5.46. The van der Waals surface area contributed by atoms with Gasteiger partial charge in [0.15, 0.2) is 0 Å². The summed E-state index contributed by atoms with van der Waals surface area (Å²) in [5.41, 5.74) is 2.93. The van der Waals surface area contributed by atoms with Crippen molar-refractivity contribution < 1.29 is 4.79 Å². The summed E-state index contributed by atoms with van der Waals surface area (Å²) in [5, 5.41) is 0. The number of benzene rings is 1. The molecule has 2 rings (SSSR count). The standard InChI is InChI=1S/C13H18OSi/c1-15(2,3)13-11-7-5-4-6-10(11)8-9-12(13)14/h4-7,13H,8-9H2,1-3H3. The molecule has 0 bridgehead atoms. The zero-order chi connectivity index (χ0) is 11.1. The van der Waals surface area contributed by atoms with Gasteiger partial charge in [-0.15, -0.1) is 0 Å². The van der Waals surface area contributed by atoms with Gasteiger partial charge in [0, 0.05) is 12.0 Å². The summed E-state index contributed by atoms with van der Waals surface area (Å²) in [6.45, 7) is 6.87. The third kappa shape index (κ3) is 1.91. The minimum absolute atomic E-state index is 0.224. The van der Waals surface area contributed by atoms with Gasteiger partial charge in [-0.2, -0.15) is 0 Å². The maximum absolute atomic E-state index is 12.0. The fourth-order valence-corrected chi connectivity index (χ4v) is 4.89. The molecule has 0 amide bonds. The van der Waals surface area contributed by atoms with Gasteiger partial charge in [0.1, 0.15) is 5.78 Å². The highest BCUT2D eigenvalue weighted by atomic mass is 28.3. The molecule has 0 fully saturated rings. The number of carbonyl (C=O) groups excluding carboxylic acids is 1. The summed E-state index contributed by atoms with van der Waals surface area (Å²) in [4.78, 5) is 12.0. The number of hydrogen-bond donors (Lipinski definition) is 0. The van der Waals surface area contributed by atoms with Gasteiger partial charge in [-0.25, -0.2) is 0 Å². The van der Waals surface area contributed by atoms with E-state index in [-0.39, 0.29) is 5.54 Å². The van der Waals surface area contributed by atoms with E-state index in [1.165, 1.54) is 11.1 Å². The predicted octanol–water partition coefficient (Wildman–Crippen LogP) is 3.16. The Morgan fingerprint density at radius 1 is 1.13 bits per heavy atom. The van der Waals surface area contributed by atoms with E-state index < -0.39 is 8.07 Å². The molecule has 80 valence electrons. The molecule has 1 unspecified atom stereocenters. The fraction of sp³-hybridized carbons (Fsp3) is 0.462. The van der Waals surface area contributed by atoms with Crippen LogP contribution in [0.3, 0.4) is 0 Å². The highest BCUT2D eigenvalue weighted by molar-refractivity contribution is 6.80. The minimum Gasteiger partial charge on any atom is -0.299 e. The van der Waals surface area contributed by atoms with Gasteiger partial charge < -0.3 is 0 Å². The molecule has 0 heterocycles. The minimum atomic E-state index is -1.42. The van der Waals surface area contributed by atoms with Crippen molar-refractivity contribution in [3.63, 3.8) is 0 Å². The molecule has 0 saturated carbocycles. The second kappa shape index (κ2) is 3.60. The number of fused-ring (bicyclic) bond motifs is 1. The van der Waals surface area contributed by atoms with Crippen LogP contribution in [0.2, 0.25) is 19.6 Å². The molecule has 0 aromatic heterocycles. The average Bonchev–Trinajstić information content (AvgIpc) is 2.15. The molecule has 1 nitrogen and oxygen atoms in total. The number of hydrogen-bond acceptors (Lipinski definition) is 1. The monoisotopic (exact) mass is 218 g/mol. The van der Waals surface area contributed by atoms with Crippen LogP contribution in [0.25, 0.3) is 0 Å². The third-order valence-corrected chi connectivity index (χ3v) is 5.56. The Hall–Kier alpha value is -0.893. The lowest BCUT2D eigenvalue weighted by Crippen LogP contribution is -2.39. The second-order valence-corrected chi connectivity index (χ2v) is 10.8. The molecule has 1 aromatic rings. The molecule has 15 heavy (non-hydrogen) atoms. The molecule has 1 aliphatic rings. The van der Waals surface area contributed by atoms with Crippen LogP contribution >= 0.6 is 0 Å². The van der Waals surface area contributed by atoms with E-state index in [0.29, 0.717) is 5.78 Å². The molecule has 0 N–H and O–H groups in total. The summed E-state index contributed by atoms with van der Waals surface area (Å²) in [5.74, 6) is 0.466. The third-order valence-electron chi connectivity index (χ3n) is 3.19. The van der Waals surface area contributed by atoms with E-state index in [4.69, 9.17) is 0 Å². The van der Waals surface area contributed by atoms with E-state index in [0.717, 1.165) is 12.8 Å². The van der Waals surface area contributed by atoms with Gasteiger partial charge in [0.2, 0.25) is 0 Å². The summed E-state index contributed by atoms with van der Waals surface area (Å²) >= 11 is 0. The number of carbonyl (C=O) groups is 1. The normalized spacial score (nSPS) is 21.3. The summed E-state index contributed by atoms with van der Waals surface area (Å²) in [6, 6.07) is 8.46. The fourth-order valence-electron chi connectivity index (χ4n) is 2.57. The van der Waals surface area contributed by atoms with Gasteiger partial charge >= 0.3 is 0 Å². The molecule has 1 atom stereocenters. The number of ketones is 1. The maximum atomic E-state index is 12.0. The van der Waals surface area contributed by atoms with Crippen LogP contribution < -0.4 is 0 Å². The number of aryl methyl sites for hydroxylation is 1. The van der Waals surface area contributed by atoms with Crippen molar-refractivity contribution in [1.82, 2.24) is 0 Å². The van der Waals surface area contributed by atoms with Gasteiger partial charge in [0.05, 0.1) is 8.07 Å². The van der Waals surface area contributed by atoms with Crippen molar-refractivity contribution in [2.45, 2.75) is 38.0 Å². The van der Waals surface area contributed by atoms with Crippen LogP contribution in [-0.4, -0.2) is 13.9 Å². The smallest absolute Gasteiger partial charge is 0.137 e. The largest absolute Gasteiger partial charge is 0.299 e. The number of rotatable bonds is 1. The summed E-state index contributed by atoms with van der Waals surface area (Å²) < 4.78 is 0. The van der Waals surface area contributed by atoms with Crippen LogP contribution in [-0.2, 0) is 11.2 Å². The molecule has 2 heteroatoms. The van der Waals surface area contributed by atoms with E-state index in [2.05, 4.69) is 43.9 Å². The van der Waals surface area contributed by atoms with Crippen LogP contribution in [0.4, 0.5) is 0 Å². The predicted molar refractivity (Wildman–Crippen MR) is 65.9 cm³/mol. The molecule has 0 radical (unpaired) electrons. The zero-order valence-corrected chi connectivity index (χ0v) is 10.7. The Bertz CT molecular complexity index is 390. The van der Waals surface area contributed by atoms with Crippen LogP contribution in [0.1, 0.15) is 23.1 Å². The topological polar surface area (TPSA) is 17.1 Å². The Kier molecular flexibility index (Phi) is 2.55. The SMILES string of the molecule is C[Si](C)(C)C1C(=O)CCc2ccccc21. The lowest BCUT2D eigenvalue weighted by Gasteiger charge is -2.33. The van der Waals surface area contributed by atoms with E-state index in [1.807, 2.05) is 0 Å². The van der Waals surface area contributed by atoms with Crippen LogP contribution in [0, 0.1) is 0 Å². The molecule has 0 saturated heterocycles. The van der Waals surface area contributed by atoms with Crippen molar-refractivity contribution in [3.05, 3.63) is 35.4 Å². The Morgan fingerprint density at radius 3 is 2.47 bits per heavy atom. The first kappa shape index (κ1) is 10.6. The molecular formula is C13H18OSi. The van der Waals surface area contributed by atoms with Crippen molar-refractivity contribution in [2.75, 3.05) is 0 Å². The van der Waals surface area contributed by atoms with E-state index in [9.17, 15) is 4.79 Å². The number of Topliss-reactive ketones (excluding diaryl/α,β-unsaturated/α-hetero) is 1. The lowest BCUT2D eigenvalue weighted by atomic mass is 9.90. The van der Waals surface area contributed by atoms with Crippen molar-refractivity contribution >= 4 is 13.9 Å². The first-order valence-corrected chi connectivity index (χ1v) is 9.18. The Morgan fingerprint density at radius 2 is 1.80 bits per heavy atom. The van der Waals surface area contributed by atoms with E-state index in [1.54, 1.807) is 0 Å². The summed E-state index contributed by atoms with van der Waals surface area (Å²) in [6.07, 6.45) is 1.68. The first-order valence-electron chi connectivity index (χ1n) is 5.60. The molecule has 1 aliphatic carbocycles. The molecular weight excluding hydrogens is 200 g/mol. The first-order chi connectivity index (χ1) is 7.00. The van der Waals surface area contributed by atoms with Gasteiger partial charge in [0.25, 0.3) is 0 Å². The highest BCUT2D eigenvalue weighted by Crippen LogP contribution is 2.35. The molecule has 1 aromatic carbocycles. The molecule has 0 spiro atoms. The Labute approximate surface area is 92.5 Å². The van der Waals surface area contributed by atoms with Crippen LogP contribution in [0.15, 0.2) is 24.3 Å². The van der Waals surface area contributed by atoms with Crippen molar-refractivity contribution in [2.24, 2.45) is 0 Å². The van der Waals surface area contributed by atoms with Crippen LogP contribution in [0.5, 0.6) is 0 Å².